The molecule has 33 heavy (non-hydrogen) atoms. The molecule has 2 saturated heterocycles. The van der Waals surface area contributed by atoms with Crippen LogP contribution in [0.3, 0.4) is 0 Å². The highest BCUT2D eigenvalue weighted by Gasteiger charge is 2.50. The zero-order chi connectivity index (χ0) is 24.4. The SMILES string of the molecule is CCCCCCCCCCO[C@@H]1O[C@@H](CO)[C@@H](O[C@H]2O[C@@H](CO)[C@@H](O)[C@@H](O)[C@H]2O)[C@H](O)[C@@H]1O. The van der Waals surface area contributed by atoms with E-state index in [2.05, 4.69) is 6.92 Å². The maximum atomic E-state index is 10.6. The Kier molecular flexibility index (Phi) is 13.0. The zero-order valence-electron chi connectivity index (χ0n) is 19.3. The molecular formula is C22H42O11. The van der Waals surface area contributed by atoms with Crippen molar-refractivity contribution < 1.29 is 54.7 Å². The van der Waals surface area contributed by atoms with Crippen molar-refractivity contribution in [2.75, 3.05) is 19.8 Å². The minimum Gasteiger partial charge on any atom is -0.394 e. The summed E-state index contributed by atoms with van der Waals surface area (Å²) in [5.74, 6) is 0. The summed E-state index contributed by atoms with van der Waals surface area (Å²) < 4.78 is 22.0. The first-order valence-corrected chi connectivity index (χ1v) is 12.1. The Morgan fingerprint density at radius 3 is 1.76 bits per heavy atom. The topological polar surface area (TPSA) is 179 Å². The third-order valence-electron chi connectivity index (χ3n) is 6.24. The summed E-state index contributed by atoms with van der Waals surface area (Å²) in [6.45, 7) is 1.28. The van der Waals surface area contributed by atoms with Crippen LogP contribution in [0.25, 0.3) is 0 Å². The van der Waals surface area contributed by atoms with E-state index < -0.39 is 74.6 Å². The molecule has 7 N–H and O–H groups in total. The lowest BCUT2D eigenvalue weighted by Gasteiger charge is -2.45. The molecule has 0 aromatic heterocycles. The summed E-state index contributed by atoms with van der Waals surface area (Å²) in [5, 5.41) is 69.9. The van der Waals surface area contributed by atoms with Crippen molar-refractivity contribution in [2.24, 2.45) is 0 Å². The molecule has 0 bridgehead atoms. The second-order valence-corrected chi connectivity index (χ2v) is 8.85. The smallest absolute Gasteiger partial charge is 0.187 e. The number of hydrogen-bond donors (Lipinski definition) is 7. The van der Waals surface area contributed by atoms with Gasteiger partial charge < -0.3 is 54.7 Å². The first-order valence-electron chi connectivity index (χ1n) is 12.1. The van der Waals surface area contributed by atoms with Crippen LogP contribution in [0, 0.1) is 0 Å². The maximum absolute atomic E-state index is 10.6. The summed E-state index contributed by atoms with van der Waals surface area (Å²) in [7, 11) is 0. The van der Waals surface area contributed by atoms with Gasteiger partial charge in [0.25, 0.3) is 0 Å². The monoisotopic (exact) mass is 482 g/mol. The van der Waals surface area contributed by atoms with Gasteiger partial charge in [0, 0.05) is 6.61 Å². The number of aliphatic hydroxyl groups is 7. The zero-order valence-corrected chi connectivity index (χ0v) is 19.3. The Morgan fingerprint density at radius 1 is 0.606 bits per heavy atom. The fourth-order valence-corrected chi connectivity index (χ4v) is 4.13. The van der Waals surface area contributed by atoms with Gasteiger partial charge in [0.05, 0.1) is 13.2 Å². The summed E-state index contributed by atoms with van der Waals surface area (Å²) in [6, 6.07) is 0. The number of ether oxygens (including phenoxy) is 4. The first kappa shape index (κ1) is 28.8. The molecule has 10 atom stereocenters. The third kappa shape index (κ3) is 8.04. The highest BCUT2D eigenvalue weighted by Crippen LogP contribution is 2.29. The molecule has 0 aromatic rings. The Bertz CT molecular complexity index is 521. The lowest BCUT2D eigenvalue weighted by Crippen LogP contribution is -2.64. The molecule has 0 radical (unpaired) electrons. The molecule has 11 heteroatoms. The number of unbranched alkanes of at least 4 members (excludes halogenated alkanes) is 7. The maximum Gasteiger partial charge on any atom is 0.187 e. The Hall–Kier alpha value is -0.440. The van der Waals surface area contributed by atoms with E-state index in [0.717, 1.165) is 19.3 Å². The van der Waals surface area contributed by atoms with Crippen LogP contribution < -0.4 is 0 Å². The highest BCUT2D eigenvalue weighted by molar-refractivity contribution is 4.94. The van der Waals surface area contributed by atoms with Crippen LogP contribution >= 0.6 is 0 Å². The quantitative estimate of drug-likeness (QED) is 0.147. The van der Waals surface area contributed by atoms with Crippen LogP contribution in [-0.4, -0.2) is 117 Å². The van der Waals surface area contributed by atoms with E-state index in [-0.39, 0.29) is 0 Å². The fourth-order valence-electron chi connectivity index (χ4n) is 4.13. The first-order chi connectivity index (χ1) is 15.8. The molecule has 2 rings (SSSR count). The van der Waals surface area contributed by atoms with Crippen molar-refractivity contribution in [1.82, 2.24) is 0 Å². The predicted molar refractivity (Wildman–Crippen MR) is 115 cm³/mol. The molecule has 0 spiro atoms. The van der Waals surface area contributed by atoms with E-state index in [1.165, 1.54) is 32.1 Å². The van der Waals surface area contributed by atoms with Gasteiger partial charge in [-0.1, -0.05) is 51.9 Å². The molecule has 2 aliphatic heterocycles. The van der Waals surface area contributed by atoms with Crippen molar-refractivity contribution in [3.63, 3.8) is 0 Å². The van der Waals surface area contributed by atoms with Gasteiger partial charge in [-0.05, 0) is 6.42 Å². The molecule has 196 valence electrons. The molecule has 0 saturated carbocycles. The summed E-state index contributed by atoms with van der Waals surface area (Å²) >= 11 is 0. The van der Waals surface area contributed by atoms with Gasteiger partial charge in [-0.2, -0.15) is 0 Å². The van der Waals surface area contributed by atoms with Gasteiger partial charge in [-0.25, -0.2) is 0 Å². The molecule has 2 aliphatic rings. The van der Waals surface area contributed by atoms with E-state index in [0.29, 0.717) is 6.61 Å². The Morgan fingerprint density at radius 2 is 1.15 bits per heavy atom. The third-order valence-corrected chi connectivity index (χ3v) is 6.24. The van der Waals surface area contributed by atoms with Gasteiger partial charge in [-0.3, -0.25) is 0 Å². The Labute approximate surface area is 194 Å². The van der Waals surface area contributed by atoms with Gasteiger partial charge in [0.15, 0.2) is 12.6 Å². The van der Waals surface area contributed by atoms with Gasteiger partial charge in [0.2, 0.25) is 0 Å². The fraction of sp³-hybridized carbons (Fsp3) is 1.00. The normalized spacial score (nSPS) is 39.6. The van der Waals surface area contributed by atoms with Crippen LogP contribution in [0.4, 0.5) is 0 Å². The predicted octanol–water partition coefficient (Wildman–Crippen LogP) is -1.23. The molecule has 11 nitrogen and oxygen atoms in total. The van der Waals surface area contributed by atoms with E-state index in [4.69, 9.17) is 18.9 Å². The van der Waals surface area contributed by atoms with Crippen molar-refractivity contribution in [3.8, 4) is 0 Å². The minimum absolute atomic E-state index is 0.319. The lowest BCUT2D eigenvalue weighted by molar-refractivity contribution is -0.359. The Balaban J connectivity index is 1.82. The summed E-state index contributed by atoms with van der Waals surface area (Å²) in [5.41, 5.74) is 0. The molecule has 0 amide bonds. The van der Waals surface area contributed by atoms with Crippen molar-refractivity contribution >= 4 is 0 Å². The van der Waals surface area contributed by atoms with Crippen molar-refractivity contribution in [1.29, 1.82) is 0 Å². The summed E-state index contributed by atoms with van der Waals surface area (Å²) in [6.07, 6.45) is -5.35. The highest BCUT2D eigenvalue weighted by atomic mass is 16.7. The van der Waals surface area contributed by atoms with E-state index in [9.17, 15) is 35.7 Å². The average Bonchev–Trinajstić information content (AvgIpc) is 2.82. The lowest BCUT2D eigenvalue weighted by atomic mass is 9.97. The molecule has 2 fully saturated rings. The summed E-state index contributed by atoms with van der Waals surface area (Å²) in [4.78, 5) is 0. The second kappa shape index (κ2) is 14.8. The van der Waals surface area contributed by atoms with Gasteiger partial charge >= 0.3 is 0 Å². The minimum atomic E-state index is -1.69. The van der Waals surface area contributed by atoms with Crippen LogP contribution in [0.5, 0.6) is 0 Å². The van der Waals surface area contributed by atoms with Crippen LogP contribution in [0.1, 0.15) is 58.3 Å². The molecule has 0 unspecified atom stereocenters. The van der Waals surface area contributed by atoms with Crippen molar-refractivity contribution in [2.45, 2.75) is 120 Å². The standard InChI is InChI=1S/C22H42O11/c1-2-3-4-5-6-7-8-9-10-30-21-19(29)17(27)20(14(12-24)32-21)33-22-18(28)16(26)15(25)13(11-23)31-22/h13-29H,2-12H2,1H3/t13-,14-,15+,16+,17+,18+,19-,20+,21+,22+/m0/s1. The van der Waals surface area contributed by atoms with Crippen LogP contribution in [-0.2, 0) is 18.9 Å². The van der Waals surface area contributed by atoms with Gasteiger partial charge in [-0.15, -0.1) is 0 Å². The average molecular weight is 483 g/mol. The molecular weight excluding hydrogens is 440 g/mol. The van der Waals surface area contributed by atoms with E-state index in [1.54, 1.807) is 0 Å². The number of hydrogen-bond acceptors (Lipinski definition) is 11. The van der Waals surface area contributed by atoms with E-state index in [1.807, 2.05) is 0 Å². The van der Waals surface area contributed by atoms with E-state index >= 15 is 0 Å². The number of aliphatic hydroxyl groups excluding tert-OH is 7. The molecule has 0 aromatic carbocycles. The molecule has 2 heterocycles. The van der Waals surface area contributed by atoms with Crippen LogP contribution in [0.2, 0.25) is 0 Å². The number of rotatable bonds is 14. The van der Waals surface area contributed by atoms with Crippen molar-refractivity contribution in [3.05, 3.63) is 0 Å². The van der Waals surface area contributed by atoms with Gasteiger partial charge in [0.1, 0.15) is 48.8 Å². The largest absolute Gasteiger partial charge is 0.394 e. The van der Waals surface area contributed by atoms with Crippen LogP contribution in [0.15, 0.2) is 0 Å². The molecule has 0 aliphatic carbocycles. The second-order valence-electron chi connectivity index (χ2n) is 8.85.